The summed E-state index contributed by atoms with van der Waals surface area (Å²) in [5.74, 6) is 1.87. The SMILES string of the molecule is COc1c(C)cc(N(C)C)c(-c2c(P(c3ccccc3)c3ccccc3)cc(C)c(OC)c2C)c1C. The topological polar surface area (TPSA) is 21.7 Å². The first-order valence-electron chi connectivity index (χ1n) is 12.2. The standard InChI is InChI=1S/C32H36NO2P/c1-21-19-27(33(5)6)29(23(3)31(21)34-7)30-24(4)32(35-8)22(2)20-28(30)36(25-15-11-9-12-16-25)26-17-13-10-14-18-26/h9-20H,1-8H3. The Bertz CT molecular complexity index is 1330. The molecule has 0 radical (unpaired) electrons. The molecule has 0 spiro atoms. The molecule has 4 aromatic rings. The lowest BCUT2D eigenvalue weighted by Crippen LogP contribution is -2.24. The lowest BCUT2D eigenvalue weighted by Gasteiger charge is -2.30. The molecular formula is C32H36NO2P. The van der Waals surface area contributed by atoms with E-state index in [2.05, 4.69) is 119 Å². The molecule has 186 valence electrons. The first kappa shape index (κ1) is 25.8. The van der Waals surface area contributed by atoms with Crippen LogP contribution in [0.1, 0.15) is 22.3 Å². The third-order valence-corrected chi connectivity index (χ3v) is 9.24. The molecule has 4 heteroatoms. The highest BCUT2D eigenvalue weighted by molar-refractivity contribution is 7.80. The van der Waals surface area contributed by atoms with Crippen LogP contribution in [-0.2, 0) is 0 Å². The van der Waals surface area contributed by atoms with Gasteiger partial charge in [0.1, 0.15) is 11.5 Å². The Morgan fingerprint density at radius 3 is 1.50 bits per heavy atom. The third-order valence-electron chi connectivity index (χ3n) is 6.78. The van der Waals surface area contributed by atoms with Crippen molar-refractivity contribution in [3.8, 4) is 22.6 Å². The number of methoxy groups -OCH3 is 2. The smallest absolute Gasteiger partial charge is 0.125 e. The summed E-state index contributed by atoms with van der Waals surface area (Å²) in [6, 6.07) is 26.4. The van der Waals surface area contributed by atoms with Crippen LogP contribution in [0.3, 0.4) is 0 Å². The molecule has 0 saturated heterocycles. The largest absolute Gasteiger partial charge is 0.496 e. The summed E-state index contributed by atoms with van der Waals surface area (Å²) in [4.78, 5) is 2.21. The van der Waals surface area contributed by atoms with Crippen molar-refractivity contribution in [1.29, 1.82) is 0 Å². The molecule has 0 unspecified atom stereocenters. The van der Waals surface area contributed by atoms with E-state index < -0.39 is 7.92 Å². The van der Waals surface area contributed by atoms with Gasteiger partial charge in [-0.25, -0.2) is 0 Å². The predicted octanol–water partition coefficient (Wildman–Crippen LogP) is 6.43. The predicted molar refractivity (Wildman–Crippen MR) is 157 cm³/mol. The number of benzene rings is 4. The Hall–Kier alpha value is -3.29. The van der Waals surface area contributed by atoms with Gasteiger partial charge in [-0.2, -0.15) is 0 Å². The Kier molecular flexibility index (Phi) is 7.71. The van der Waals surface area contributed by atoms with Crippen LogP contribution in [0.4, 0.5) is 5.69 Å². The van der Waals surface area contributed by atoms with Gasteiger partial charge in [0, 0.05) is 30.9 Å². The molecule has 4 aromatic carbocycles. The molecule has 0 saturated carbocycles. The fraction of sp³-hybridized carbons (Fsp3) is 0.250. The summed E-state index contributed by atoms with van der Waals surface area (Å²) >= 11 is 0. The zero-order valence-corrected chi connectivity index (χ0v) is 23.5. The van der Waals surface area contributed by atoms with Crippen LogP contribution < -0.4 is 30.3 Å². The minimum atomic E-state index is -0.821. The zero-order valence-electron chi connectivity index (χ0n) is 22.6. The molecule has 0 aliphatic rings. The first-order valence-corrected chi connectivity index (χ1v) is 13.6. The van der Waals surface area contributed by atoms with E-state index in [4.69, 9.17) is 9.47 Å². The van der Waals surface area contributed by atoms with E-state index in [0.29, 0.717) is 0 Å². The van der Waals surface area contributed by atoms with Crippen LogP contribution >= 0.6 is 7.92 Å². The monoisotopic (exact) mass is 497 g/mol. The molecule has 0 aromatic heterocycles. The Morgan fingerprint density at radius 2 is 1.06 bits per heavy atom. The number of nitrogens with zero attached hydrogens (tertiary/aromatic N) is 1. The third kappa shape index (κ3) is 4.61. The molecule has 0 aliphatic carbocycles. The molecule has 0 atom stereocenters. The number of aryl methyl sites for hydroxylation is 2. The van der Waals surface area contributed by atoms with Gasteiger partial charge in [0.25, 0.3) is 0 Å². The van der Waals surface area contributed by atoms with Crippen molar-refractivity contribution in [2.45, 2.75) is 27.7 Å². The lowest BCUT2D eigenvalue weighted by atomic mass is 9.90. The Balaban J connectivity index is 2.19. The summed E-state index contributed by atoms with van der Waals surface area (Å²) in [5, 5.41) is 3.98. The molecule has 4 rings (SSSR count). The fourth-order valence-corrected chi connectivity index (χ4v) is 7.88. The van der Waals surface area contributed by atoms with Crippen molar-refractivity contribution in [1.82, 2.24) is 0 Å². The fourth-order valence-electron chi connectivity index (χ4n) is 5.26. The van der Waals surface area contributed by atoms with E-state index in [9.17, 15) is 0 Å². The van der Waals surface area contributed by atoms with Gasteiger partial charge in [-0.3, -0.25) is 0 Å². The maximum Gasteiger partial charge on any atom is 0.125 e. The van der Waals surface area contributed by atoms with Crippen molar-refractivity contribution in [2.75, 3.05) is 33.2 Å². The average molecular weight is 498 g/mol. The van der Waals surface area contributed by atoms with Crippen LogP contribution in [0, 0.1) is 27.7 Å². The first-order chi connectivity index (χ1) is 17.3. The quantitative estimate of drug-likeness (QED) is 0.275. The average Bonchev–Trinajstić information content (AvgIpc) is 2.86. The highest BCUT2D eigenvalue weighted by Gasteiger charge is 2.28. The van der Waals surface area contributed by atoms with Gasteiger partial charge < -0.3 is 14.4 Å². The zero-order chi connectivity index (χ0) is 26.0. The second-order valence-electron chi connectivity index (χ2n) is 9.39. The van der Waals surface area contributed by atoms with E-state index in [0.717, 1.165) is 33.8 Å². The highest BCUT2D eigenvalue weighted by atomic mass is 31.1. The second kappa shape index (κ2) is 10.8. The maximum absolute atomic E-state index is 5.97. The summed E-state index contributed by atoms with van der Waals surface area (Å²) in [6.45, 7) is 8.64. The number of anilines is 1. The summed E-state index contributed by atoms with van der Waals surface area (Å²) in [5.41, 5.74) is 8.20. The molecule has 0 fully saturated rings. The molecule has 0 aliphatic heterocycles. The Labute approximate surface area is 217 Å². The van der Waals surface area contributed by atoms with Crippen molar-refractivity contribution in [3.63, 3.8) is 0 Å². The Morgan fingerprint density at radius 1 is 0.611 bits per heavy atom. The van der Waals surface area contributed by atoms with Gasteiger partial charge in [0.2, 0.25) is 0 Å². The van der Waals surface area contributed by atoms with Crippen LogP contribution in [0.15, 0.2) is 72.8 Å². The van der Waals surface area contributed by atoms with Crippen molar-refractivity contribution in [3.05, 3.63) is 95.1 Å². The number of hydrogen-bond acceptors (Lipinski definition) is 3. The maximum atomic E-state index is 5.97. The molecule has 0 heterocycles. The molecule has 0 bridgehead atoms. The normalized spacial score (nSPS) is 11.0. The minimum absolute atomic E-state index is 0.821. The van der Waals surface area contributed by atoms with E-state index in [1.54, 1.807) is 14.2 Å². The van der Waals surface area contributed by atoms with Crippen molar-refractivity contribution < 1.29 is 9.47 Å². The van der Waals surface area contributed by atoms with E-state index in [1.165, 1.54) is 32.7 Å². The van der Waals surface area contributed by atoms with E-state index in [-0.39, 0.29) is 0 Å². The van der Waals surface area contributed by atoms with E-state index >= 15 is 0 Å². The molecule has 3 nitrogen and oxygen atoms in total. The minimum Gasteiger partial charge on any atom is -0.496 e. The van der Waals surface area contributed by atoms with Gasteiger partial charge in [0.15, 0.2) is 0 Å². The van der Waals surface area contributed by atoms with Crippen LogP contribution in [0.5, 0.6) is 11.5 Å². The molecule has 0 amide bonds. The molecule has 36 heavy (non-hydrogen) atoms. The summed E-state index contributed by atoms with van der Waals surface area (Å²) < 4.78 is 11.9. The van der Waals surface area contributed by atoms with Crippen molar-refractivity contribution >= 4 is 29.5 Å². The van der Waals surface area contributed by atoms with Gasteiger partial charge in [-0.15, -0.1) is 0 Å². The van der Waals surface area contributed by atoms with Crippen molar-refractivity contribution in [2.24, 2.45) is 0 Å². The van der Waals surface area contributed by atoms with Gasteiger partial charge in [0.05, 0.1) is 14.2 Å². The molecular weight excluding hydrogens is 461 g/mol. The summed E-state index contributed by atoms with van der Waals surface area (Å²) in [6.07, 6.45) is 0. The van der Waals surface area contributed by atoms with Gasteiger partial charge in [-0.05, 0) is 85.9 Å². The van der Waals surface area contributed by atoms with Gasteiger partial charge in [-0.1, -0.05) is 60.7 Å². The molecule has 0 N–H and O–H groups in total. The summed E-state index contributed by atoms with van der Waals surface area (Å²) in [7, 11) is 6.94. The number of rotatable bonds is 7. The van der Waals surface area contributed by atoms with E-state index in [1.807, 2.05) is 0 Å². The van der Waals surface area contributed by atoms with Crippen LogP contribution in [-0.4, -0.2) is 28.3 Å². The lowest BCUT2D eigenvalue weighted by molar-refractivity contribution is 0.408. The van der Waals surface area contributed by atoms with Gasteiger partial charge >= 0.3 is 0 Å². The number of ether oxygens (including phenoxy) is 2. The highest BCUT2D eigenvalue weighted by Crippen LogP contribution is 2.47. The second-order valence-corrected chi connectivity index (χ2v) is 11.6. The van der Waals surface area contributed by atoms with Crippen LogP contribution in [0.2, 0.25) is 0 Å². The van der Waals surface area contributed by atoms with Crippen LogP contribution in [0.25, 0.3) is 11.1 Å². The number of hydrogen-bond donors (Lipinski definition) is 0.